The first kappa shape index (κ1) is 11.8. The van der Waals surface area contributed by atoms with Gasteiger partial charge in [0.2, 0.25) is 0 Å². The van der Waals surface area contributed by atoms with Gasteiger partial charge in [0.1, 0.15) is 0 Å². The molecule has 0 amide bonds. The number of benzene rings is 1. The molecule has 1 aliphatic heterocycles. The van der Waals surface area contributed by atoms with Crippen molar-refractivity contribution in [2.45, 2.75) is 32.4 Å². The fraction of sp³-hybridized carbons (Fsp3) is 0.571. The number of anilines is 1. The summed E-state index contributed by atoms with van der Waals surface area (Å²) in [5.41, 5.74) is 1.49. The molecule has 0 aromatic heterocycles. The average molecular weight is 343 g/mol. The molecule has 0 radical (unpaired) electrons. The van der Waals surface area contributed by atoms with Crippen LogP contribution < -0.4 is 5.32 Å². The Labute approximate surface area is 116 Å². The van der Waals surface area contributed by atoms with Crippen molar-refractivity contribution >= 4 is 28.3 Å². The van der Waals surface area contributed by atoms with Crippen LogP contribution in [0.2, 0.25) is 0 Å². The fourth-order valence-corrected chi connectivity index (χ4v) is 3.92. The Morgan fingerprint density at radius 2 is 2.24 bits per heavy atom. The lowest BCUT2D eigenvalue weighted by Gasteiger charge is -2.55. The van der Waals surface area contributed by atoms with Gasteiger partial charge in [0, 0.05) is 33.2 Å². The lowest BCUT2D eigenvalue weighted by atomic mass is 9.57. The van der Waals surface area contributed by atoms with E-state index in [4.69, 9.17) is 4.74 Å². The van der Waals surface area contributed by atoms with Gasteiger partial charge in [-0.15, -0.1) is 0 Å². The molecular formula is C14H18INO. The molecule has 3 heteroatoms. The predicted molar refractivity (Wildman–Crippen MR) is 78.2 cm³/mol. The van der Waals surface area contributed by atoms with Gasteiger partial charge in [0.05, 0.1) is 6.10 Å². The van der Waals surface area contributed by atoms with E-state index in [2.05, 4.69) is 66.0 Å². The number of rotatable bonds is 2. The Balaban J connectivity index is 1.77. The van der Waals surface area contributed by atoms with E-state index in [-0.39, 0.29) is 5.41 Å². The number of halogens is 1. The lowest BCUT2D eigenvalue weighted by molar-refractivity contribution is -0.0923. The molecule has 3 unspecified atom stereocenters. The van der Waals surface area contributed by atoms with Gasteiger partial charge in [0.15, 0.2) is 0 Å². The molecule has 0 spiro atoms. The van der Waals surface area contributed by atoms with Crippen LogP contribution in [0.15, 0.2) is 24.3 Å². The highest BCUT2D eigenvalue weighted by Crippen LogP contribution is 2.53. The topological polar surface area (TPSA) is 21.3 Å². The predicted octanol–water partition coefficient (Wildman–Crippen LogP) is 3.52. The standard InChI is InChI=1S/C14H18INO/c1-14(2)12(11-6-7-17-13(11)14)16-10-5-3-4-9(15)8-10/h3-5,8,11-13,16H,6-7H2,1-2H3. The van der Waals surface area contributed by atoms with Gasteiger partial charge in [-0.05, 0) is 47.2 Å². The highest BCUT2D eigenvalue weighted by atomic mass is 127. The van der Waals surface area contributed by atoms with E-state index >= 15 is 0 Å². The van der Waals surface area contributed by atoms with Gasteiger partial charge >= 0.3 is 0 Å². The zero-order chi connectivity index (χ0) is 12.0. The Kier molecular flexibility index (Phi) is 2.86. The molecule has 1 aromatic rings. The second-order valence-electron chi connectivity index (χ2n) is 5.70. The minimum Gasteiger partial charge on any atom is -0.381 e. The summed E-state index contributed by atoms with van der Waals surface area (Å²) in [5.74, 6) is 0.697. The van der Waals surface area contributed by atoms with Crippen molar-refractivity contribution in [3.8, 4) is 0 Å². The van der Waals surface area contributed by atoms with E-state index < -0.39 is 0 Å². The Morgan fingerprint density at radius 3 is 3.00 bits per heavy atom. The fourth-order valence-electron chi connectivity index (χ4n) is 3.38. The second kappa shape index (κ2) is 4.12. The van der Waals surface area contributed by atoms with Crippen molar-refractivity contribution in [3.05, 3.63) is 27.8 Å². The largest absolute Gasteiger partial charge is 0.381 e. The van der Waals surface area contributed by atoms with Crippen LogP contribution in [0, 0.1) is 14.9 Å². The molecule has 3 atom stereocenters. The molecule has 92 valence electrons. The summed E-state index contributed by atoms with van der Waals surface area (Å²) in [5, 5.41) is 3.70. The van der Waals surface area contributed by atoms with Crippen molar-refractivity contribution in [2.75, 3.05) is 11.9 Å². The molecule has 1 saturated heterocycles. The Bertz CT molecular complexity index is 432. The molecule has 3 rings (SSSR count). The van der Waals surface area contributed by atoms with E-state index in [0.717, 1.165) is 6.61 Å². The average Bonchev–Trinajstić information content (AvgIpc) is 2.72. The highest BCUT2D eigenvalue weighted by molar-refractivity contribution is 14.1. The Hall–Kier alpha value is -0.290. The number of hydrogen-bond acceptors (Lipinski definition) is 2. The minimum absolute atomic E-state index is 0.252. The second-order valence-corrected chi connectivity index (χ2v) is 6.94. The van der Waals surface area contributed by atoms with Gasteiger partial charge in [0.25, 0.3) is 0 Å². The van der Waals surface area contributed by atoms with Gasteiger partial charge in [-0.25, -0.2) is 0 Å². The van der Waals surface area contributed by atoms with Crippen LogP contribution in [0.1, 0.15) is 20.3 Å². The quantitative estimate of drug-likeness (QED) is 0.830. The third kappa shape index (κ3) is 1.87. The highest BCUT2D eigenvalue weighted by Gasteiger charge is 2.59. The molecule has 1 heterocycles. The SMILES string of the molecule is CC1(C)C(Nc2cccc(I)c2)C2CCOC21. The van der Waals surface area contributed by atoms with E-state index in [9.17, 15) is 0 Å². The van der Waals surface area contributed by atoms with Crippen LogP contribution in [0.4, 0.5) is 5.69 Å². The van der Waals surface area contributed by atoms with Gasteiger partial charge in [-0.3, -0.25) is 0 Å². The zero-order valence-corrected chi connectivity index (χ0v) is 12.4. The monoisotopic (exact) mass is 343 g/mol. The first-order chi connectivity index (χ1) is 8.09. The molecule has 1 saturated carbocycles. The molecule has 17 heavy (non-hydrogen) atoms. The molecule has 2 nitrogen and oxygen atoms in total. The third-order valence-corrected chi connectivity index (χ3v) is 4.92. The molecule has 1 aliphatic carbocycles. The zero-order valence-electron chi connectivity index (χ0n) is 10.2. The van der Waals surface area contributed by atoms with Crippen LogP contribution >= 0.6 is 22.6 Å². The molecule has 1 aromatic carbocycles. The van der Waals surface area contributed by atoms with E-state index in [1.807, 2.05) is 0 Å². The van der Waals surface area contributed by atoms with Crippen molar-refractivity contribution in [2.24, 2.45) is 11.3 Å². The van der Waals surface area contributed by atoms with Crippen LogP contribution in [-0.2, 0) is 4.74 Å². The van der Waals surface area contributed by atoms with E-state index in [1.54, 1.807) is 0 Å². The summed E-state index contributed by atoms with van der Waals surface area (Å²) in [6, 6.07) is 9.15. The molecule has 1 N–H and O–H groups in total. The molecular weight excluding hydrogens is 325 g/mol. The molecule has 0 bridgehead atoms. The maximum absolute atomic E-state index is 5.82. The van der Waals surface area contributed by atoms with Crippen molar-refractivity contribution in [1.29, 1.82) is 0 Å². The first-order valence-electron chi connectivity index (χ1n) is 6.23. The number of fused-ring (bicyclic) bond motifs is 1. The summed E-state index contributed by atoms with van der Waals surface area (Å²) >= 11 is 2.36. The van der Waals surface area contributed by atoms with Crippen LogP contribution in [0.5, 0.6) is 0 Å². The first-order valence-corrected chi connectivity index (χ1v) is 7.30. The van der Waals surface area contributed by atoms with E-state index in [1.165, 1.54) is 15.7 Å². The van der Waals surface area contributed by atoms with E-state index in [0.29, 0.717) is 18.1 Å². The molecule has 2 aliphatic rings. The van der Waals surface area contributed by atoms with Crippen molar-refractivity contribution in [1.82, 2.24) is 0 Å². The Morgan fingerprint density at radius 1 is 1.41 bits per heavy atom. The third-order valence-electron chi connectivity index (χ3n) is 4.25. The van der Waals surface area contributed by atoms with Crippen LogP contribution in [0.3, 0.4) is 0 Å². The smallest absolute Gasteiger partial charge is 0.0694 e. The maximum Gasteiger partial charge on any atom is 0.0694 e. The van der Waals surface area contributed by atoms with Crippen molar-refractivity contribution < 1.29 is 4.74 Å². The van der Waals surface area contributed by atoms with Gasteiger partial charge in [-0.2, -0.15) is 0 Å². The summed E-state index contributed by atoms with van der Waals surface area (Å²) in [4.78, 5) is 0. The number of ether oxygens (including phenoxy) is 1. The summed E-state index contributed by atoms with van der Waals surface area (Å²) < 4.78 is 7.10. The van der Waals surface area contributed by atoms with Crippen LogP contribution in [0.25, 0.3) is 0 Å². The summed E-state index contributed by atoms with van der Waals surface area (Å²) in [6.45, 7) is 5.55. The maximum atomic E-state index is 5.82. The normalized spacial score (nSPS) is 33.9. The molecule has 2 fully saturated rings. The summed E-state index contributed by atoms with van der Waals surface area (Å²) in [7, 11) is 0. The minimum atomic E-state index is 0.252. The van der Waals surface area contributed by atoms with Crippen LogP contribution in [-0.4, -0.2) is 18.8 Å². The number of nitrogens with one attached hydrogen (secondary N) is 1. The van der Waals surface area contributed by atoms with Gasteiger partial charge in [-0.1, -0.05) is 19.9 Å². The summed E-state index contributed by atoms with van der Waals surface area (Å²) in [6.07, 6.45) is 1.66. The van der Waals surface area contributed by atoms with Crippen molar-refractivity contribution in [3.63, 3.8) is 0 Å². The van der Waals surface area contributed by atoms with Gasteiger partial charge < -0.3 is 10.1 Å². The lowest BCUT2D eigenvalue weighted by Crippen LogP contribution is -2.63. The number of hydrogen-bond donors (Lipinski definition) is 1.